The molecule has 4 nitrogen and oxygen atoms in total. The third kappa shape index (κ3) is 5.42. The van der Waals surface area contributed by atoms with E-state index in [4.69, 9.17) is 15.6 Å². The number of benzene rings is 1. The first-order chi connectivity index (χ1) is 12.6. The van der Waals surface area contributed by atoms with Crippen LogP contribution in [0.2, 0.25) is 0 Å². The monoisotopic (exact) mass is 384 g/mol. The zero-order valence-electron chi connectivity index (χ0n) is 14.7. The number of aliphatic carboxylic acids is 1. The fourth-order valence-electron chi connectivity index (χ4n) is 3.08. The standard InChI is InChI=1S/C17H16F4N2.C2H4O2/c18-11-1-2-15(19)12(7-11)14-9-23-8-13(16(14)22)10-3-5-17(20,21)6-4-10;1-2(3)4/h1-2,7-10H,3-6H2,(H2,22,23);1H3,(H,3,4). The number of halogens is 4. The third-order valence-corrected chi connectivity index (χ3v) is 4.39. The largest absolute Gasteiger partial charge is 0.481 e. The molecule has 0 aliphatic heterocycles. The van der Waals surface area contributed by atoms with E-state index >= 15 is 0 Å². The number of carboxylic acids is 1. The van der Waals surface area contributed by atoms with E-state index < -0.39 is 23.5 Å². The Hall–Kier alpha value is -2.64. The summed E-state index contributed by atoms with van der Waals surface area (Å²) in [6.45, 7) is 1.08. The van der Waals surface area contributed by atoms with E-state index in [9.17, 15) is 17.6 Å². The number of alkyl halides is 2. The summed E-state index contributed by atoms with van der Waals surface area (Å²) in [7, 11) is 0. The average molecular weight is 384 g/mol. The van der Waals surface area contributed by atoms with Gasteiger partial charge in [-0.05, 0) is 42.5 Å². The maximum atomic E-state index is 14.0. The van der Waals surface area contributed by atoms with Crippen LogP contribution in [0.25, 0.3) is 11.1 Å². The lowest BCUT2D eigenvalue weighted by molar-refractivity contribution is -0.134. The van der Waals surface area contributed by atoms with Gasteiger partial charge in [-0.3, -0.25) is 9.78 Å². The van der Waals surface area contributed by atoms with Gasteiger partial charge in [0.25, 0.3) is 5.97 Å². The molecule has 0 amide bonds. The molecule has 1 heterocycles. The second-order valence-electron chi connectivity index (χ2n) is 6.46. The van der Waals surface area contributed by atoms with Gasteiger partial charge in [0.15, 0.2) is 0 Å². The van der Waals surface area contributed by atoms with Crippen molar-refractivity contribution in [1.29, 1.82) is 0 Å². The van der Waals surface area contributed by atoms with Crippen LogP contribution in [0, 0.1) is 11.6 Å². The van der Waals surface area contributed by atoms with E-state index in [2.05, 4.69) is 4.98 Å². The third-order valence-electron chi connectivity index (χ3n) is 4.39. The van der Waals surface area contributed by atoms with Crippen molar-refractivity contribution in [3.8, 4) is 11.1 Å². The molecule has 1 aliphatic rings. The van der Waals surface area contributed by atoms with Gasteiger partial charge < -0.3 is 10.8 Å². The van der Waals surface area contributed by atoms with Crippen molar-refractivity contribution in [2.75, 3.05) is 5.73 Å². The number of hydrogen-bond acceptors (Lipinski definition) is 3. The number of pyridine rings is 1. The molecule has 3 N–H and O–H groups in total. The fraction of sp³-hybridized carbons (Fsp3) is 0.368. The van der Waals surface area contributed by atoms with Crippen LogP contribution in [0.3, 0.4) is 0 Å². The molecule has 1 aromatic carbocycles. The molecular weight excluding hydrogens is 364 g/mol. The van der Waals surface area contributed by atoms with Gasteiger partial charge in [-0.2, -0.15) is 0 Å². The predicted molar refractivity (Wildman–Crippen MR) is 93.5 cm³/mol. The quantitative estimate of drug-likeness (QED) is 0.715. The second-order valence-corrected chi connectivity index (χ2v) is 6.46. The SMILES string of the molecule is CC(=O)O.Nc1c(-c2cc(F)ccc2F)cncc1C1CCC(F)(F)CC1. The Balaban J connectivity index is 0.000000596. The van der Waals surface area contributed by atoms with E-state index in [0.717, 1.165) is 25.1 Å². The van der Waals surface area contributed by atoms with Gasteiger partial charge >= 0.3 is 0 Å². The second kappa shape index (κ2) is 8.37. The molecule has 1 saturated carbocycles. The van der Waals surface area contributed by atoms with Crippen LogP contribution in [0.5, 0.6) is 0 Å². The molecule has 3 rings (SSSR count). The Morgan fingerprint density at radius 2 is 1.78 bits per heavy atom. The van der Waals surface area contributed by atoms with E-state index in [0.29, 0.717) is 18.4 Å². The normalized spacial score (nSPS) is 16.3. The summed E-state index contributed by atoms with van der Waals surface area (Å²) in [5.74, 6) is -4.79. The van der Waals surface area contributed by atoms with Gasteiger partial charge in [0.2, 0.25) is 5.92 Å². The summed E-state index contributed by atoms with van der Waals surface area (Å²) in [6.07, 6.45) is 3.10. The highest BCUT2D eigenvalue weighted by Crippen LogP contribution is 2.43. The molecule has 0 radical (unpaired) electrons. The highest BCUT2D eigenvalue weighted by atomic mass is 19.3. The van der Waals surface area contributed by atoms with Crippen molar-refractivity contribution in [3.63, 3.8) is 0 Å². The molecular formula is C19H20F4N2O2. The Bertz CT molecular complexity index is 813. The van der Waals surface area contributed by atoms with Gasteiger partial charge in [-0.15, -0.1) is 0 Å². The molecule has 2 aromatic rings. The summed E-state index contributed by atoms with van der Waals surface area (Å²) in [5, 5.41) is 7.42. The molecule has 0 saturated heterocycles. The Morgan fingerprint density at radius 3 is 2.37 bits per heavy atom. The van der Waals surface area contributed by atoms with Crippen LogP contribution in [-0.2, 0) is 4.79 Å². The Morgan fingerprint density at radius 1 is 1.19 bits per heavy atom. The number of anilines is 1. The lowest BCUT2D eigenvalue weighted by Gasteiger charge is -2.29. The highest BCUT2D eigenvalue weighted by molar-refractivity contribution is 5.78. The number of nitrogens with zero attached hydrogens (tertiary/aromatic N) is 1. The van der Waals surface area contributed by atoms with Gasteiger partial charge in [0.1, 0.15) is 11.6 Å². The van der Waals surface area contributed by atoms with E-state index in [1.54, 1.807) is 0 Å². The molecule has 1 aromatic heterocycles. The number of carbonyl (C=O) groups is 1. The van der Waals surface area contributed by atoms with Crippen LogP contribution in [0.4, 0.5) is 23.2 Å². The summed E-state index contributed by atoms with van der Waals surface area (Å²) in [4.78, 5) is 13.0. The molecule has 0 bridgehead atoms. The predicted octanol–water partition coefficient (Wildman–Crippen LogP) is 4.99. The first-order valence-electron chi connectivity index (χ1n) is 8.37. The summed E-state index contributed by atoms with van der Waals surface area (Å²) >= 11 is 0. The average Bonchev–Trinajstić information content (AvgIpc) is 2.57. The van der Waals surface area contributed by atoms with Crippen molar-refractivity contribution in [3.05, 3.63) is 47.8 Å². The summed E-state index contributed by atoms with van der Waals surface area (Å²) < 4.78 is 54.0. The van der Waals surface area contributed by atoms with Crippen molar-refractivity contribution in [1.82, 2.24) is 4.98 Å². The van der Waals surface area contributed by atoms with Crippen LogP contribution in [-0.4, -0.2) is 22.0 Å². The van der Waals surface area contributed by atoms with Crippen molar-refractivity contribution in [2.24, 2.45) is 0 Å². The first kappa shape index (κ1) is 20.7. The van der Waals surface area contributed by atoms with Crippen LogP contribution >= 0.6 is 0 Å². The topological polar surface area (TPSA) is 76.2 Å². The van der Waals surface area contributed by atoms with E-state index in [1.807, 2.05) is 0 Å². The lowest BCUT2D eigenvalue weighted by atomic mass is 9.81. The molecule has 1 aliphatic carbocycles. The number of nitrogen functional groups attached to an aromatic ring is 1. The minimum Gasteiger partial charge on any atom is -0.481 e. The molecule has 27 heavy (non-hydrogen) atoms. The van der Waals surface area contributed by atoms with Crippen molar-refractivity contribution >= 4 is 11.7 Å². The van der Waals surface area contributed by atoms with Gasteiger partial charge in [0.05, 0.1) is 0 Å². The van der Waals surface area contributed by atoms with Crippen LogP contribution in [0.15, 0.2) is 30.6 Å². The number of carboxylic acid groups (broad SMARTS) is 1. The highest BCUT2D eigenvalue weighted by Gasteiger charge is 2.36. The number of hydrogen-bond donors (Lipinski definition) is 2. The molecule has 146 valence electrons. The molecule has 0 unspecified atom stereocenters. The molecule has 0 atom stereocenters. The smallest absolute Gasteiger partial charge is 0.300 e. The summed E-state index contributed by atoms with van der Waals surface area (Å²) in [5.41, 5.74) is 7.33. The maximum absolute atomic E-state index is 14.0. The lowest BCUT2D eigenvalue weighted by Crippen LogP contribution is -2.24. The van der Waals surface area contributed by atoms with Crippen LogP contribution in [0.1, 0.15) is 44.1 Å². The Labute approximate surface area is 154 Å². The molecule has 8 heteroatoms. The van der Waals surface area contributed by atoms with Gasteiger partial charge in [-0.25, -0.2) is 17.6 Å². The van der Waals surface area contributed by atoms with Crippen molar-refractivity contribution < 1.29 is 27.5 Å². The van der Waals surface area contributed by atoms with E-state index in [1.165, 1.54) is 12.4 Å². The maximum Gasteiger partial charge on any atom is 0.300 e. The van der Waals surface area contributed by atoms with Crippen LogP contribution < -0.4 is 5.73 Å². The first-order valence-corrected chi connectivity index (χ1v) is 8.37. The number of rotatable bonds is 2. The van der Waals surface area contributed by atoms with Crippen molar-refractivity contribution in [2.45, 2.75) is 44.4 Å². The Kier molecular flexibility index (Phi) is 6.41. The molecule has 1 fully saturated rings. The number of nitrogens with two attached hydrogens (primary N) is 1. The van der Waals surface area contributed by atoms with Gasteiger partial charge in [-0.1, -0.05) is 0 Å². The zero-order chi connectivity index (χ0) is 20.2. The molecule has 0 spiro atoms. The summed E-state index contributed by atoms with van der Waals surface area (Å²) in [6, 6.07) is 3.11. The van der Waals surface area contributed by atoms with Gasteiger partial charge in [0, 0.05) is 49.0 Å². The minimum atomic E-state index is -2.63. The number of aromatic nitrogens is 1. The minimum absolute atomic E-state index is 0.0259. The zero-order valence-corrected chi connectivity index (χ0v) is 14.7. The van der Waals surface area contributed by atoms with E-state index in [-0.39, 0.29) is 35.6 Å². The fourth-order valence-corrected chi connectivity index (χ4v) is 3.08.